The number of hydrogen-bond acceptors (Lipinski definition) is 2. The van der Waals surface area contributed by atoms with Gasteiger partial charge in [-0.25, -0.2) is 0 Å². The van der Waals surface area contributed by atoms with E-state index in [4.69, 9.17) is 4.74 Å². The number of nitrogens with zero attached hydrogens (tertiary/aromatic N) is 1. The minimum Gasteiger partial charge on any atom is -0.378 e. The molecule has 1 unspecified atom stereocenters. The van der Waals surface area contributed by atoms with E-state index in [0.717, 1.165) is 13.2 Å². The number of hydrogen-bond donors (Lipinski definition) is 0. The summed E-state index contributed by atoms with van der Waals surface area (Å²) in [6, 6.07) is 0. The first-order chi connectivity index (χ1) is 4.29. The maximum absolute atomic E-state index is 5.25. The SMILES string of the molecule is CN(C)CCC1CCO1. The highest BCUT2D eigenvalue weighted by Crippen LogP contribution is 2.14. The maximum Gasteiger partial charge on any atom is 0.0609 e. The van der Waals surface area contributed by atoms with Crippen molar-refractivity contribution in [3.05, 3.63) is 0 Å². The highest BCUT2D eigenvalue weighted by molar-refractivity contribution is 4.66. The van der Waals surface area contributed by atoms with E-state index in [-0.39, 0.29) is 0 Å². The van der Waals surface area contributed by atoms with E-state index in [1.165, 1.54) is 12.8 Å². The van der Waals surface area contributed by atoms with Gasteiger partial charge in [0.1, 0.15) is 0 Å². The van der Waals surface area contributed by atoms with Crippen LogP contribution in [0.1, 0.15) is 12.8 Å². The molecule has 1 aliphatic rings. The van der Waals surface area contributed by atoms with Gasteiger partial charge in [0, 0.05) is 6.61 Å². The molecule has 0 aromatic heterocycles. The van der Waals surface area contributed by atoms with Crippen molar-refractivity contribution in [3.63, 3.8) is 0 Å². The quantitative estimate of drug-likeness (QED) is 0.557. The fourth-order valence-electron chi connectivity index (χ4n) is 0.914. The van der Waals surface area contributed by atoms with Crippen LogP contribution in [0.25, 0.3) is 0 Å². The summed E-state index contributed by atoms with van der Waals surface area (Å²) in [5.41, 5.74) is 0. The van der Waals surface area contributed by atoms with E-state index >= 15 is 0 Å². The fourth-order valence-corrected chi connectivity index (χ4v) is 0.914. The van der Waals surface area contributed by atoms with Crippen molar-refractivity contribution < 1.29 is 4.74 Å². The molecule has 0 amide bonds. The first-order valence-electron chi connectivity index (χ1n) is 3.55. The van der Waals surface area contributed by atoms with E-state index in [9.17, 15) is 0 Å². The highest BCUT2D eigenvalue weighted by atomic mass is 16.5. The van der Waals surface area contributed by atoms with E-state index in [2.05, 4.69) is 19.0 Å². The van der Waals surface area contributed by atoms with Crippen LogP contribution in [0.2, 0.25) is 0 Å². The summed E-state index contributed by atoms with van der Waals surface area (Å²) in [6.07, 6.45) is 3.05. The predicted octanol–water partition coefficient (Wildman–Crippen LogP) is 0.727. The summed E-state index contributed by atoms with van der Waals surface area (Å²) in [5, 5.41) is 0. The molecule has 0 aromatic rings. The van der Waals surface area contributed by atoms with Gasteiger partial charge in [0.25, 0.3) is 0 Å². The molecule has 0 bridgehead atoms. The molecule has 2 heteroatoms. The molecule has 0 aromatic carbocycles. The normalized spacial score (nSPS) is 26.3. The molecule has 1 fully saturated rings. The topological polar surface area (TPSA) is 12.5 Å². The minimum atomic E-state index is 0.576. The molecule has 0 aliphatic carbocycles. The molecule has 0 saturated carbocycles. The molecule has 2 nitrogen and oxygen atoms in total. The molecule has 9 heavy (non-hydrogen) atoms. The van der Waals surface area contributed by atoms with Gasteiger partial charge in [-0.05, 0) is 33.5 Å². The van der Waals surface area contributed by atoms with Crippen molar-refractivity contribution in [2.24, 2.45) is 0 Å². The second kappa shape index (κ2) is 3.18. The zero-order valence-corrected chi connectivity index (χ0v) is 6.26. The van der Waals surface area contributed by atoms with Crippen LogP contribution in [-0.4, -0.2) is 38.3 Å². The van der Waals surface area contributed by atoms with Gasteiger partial charge in [0.2, 0.25) is 0 Å². The Hall–Kier alpha value is -0.0800. The van der Waals surface area contributed by atoms with Gasteiger partial charge in [-0.1, -0.05) is 0 Å². The van der Waals surface area contributed by atoms with Gasteiger partial charge in [-0.15, -0.1) is 0 Å². The van der Waals surface area contributed by atoms with Crippen molar-refractivity contribution >= 4 is 0 Å². The predicted molar refractivity (Wildman–Crippen MR) is 37.5 cm³/mol. The molecular weight excluding hydrogens is 114 g/mol. The van der Waals surface area contributed by atoms with E-state index in [0.29, 0.717) is 6.10 Å². The van der Waals surface area contributed by atoms with Crippen molar-refractivity contribution in [2.45, 2.75) is 18.9 Å². The van der Waals surface area contributed by atoms with Crippen molar-refractivity contribution in [3.8, 4) is 0 Å². The smallest absolute Gasteiger partial charge is 0.0609 e. The molecule has 54 valence electrons. The van der Waals surface area contributed by atoms with Crippen LogP contribution < -0.4 is 0 Å². The third-order valence-corrected chi connectivity index (χ3v) is 1.69. The van der Waals surface area contributed by atoms with Gasteiger partial charge >= 0.3 is 0 Å². The summed E-state index contributed by atoms with van der Waals surface area (Å²) in [4.78, 5) is 2.20. The summed E-state index contributed by atoms with van der Waals surface area (Å²) in [6.45, 7) is 2.14. The third-order valence-electron chi connectivity index (χ3n) is 1.69. The fraction of sp³-hybridized carbons (Fsp3) is 1.00. The molecule has 0 radical (unpaired) electrons. The molecule has 1 atom stereocenters. The van der Waals surface area contributed by atoms with E-state index < -0.39 is 0 Å². The maximum atomic E-state index is 5.25. The zero-order chi connectivity index (χ0) is 6.69. The van der Waals surface area contributed by atoms with Crippen LogP contribution in [0.5, 0.6) is 0 Å². The summed E-state index contributed by atoms with van der Waals surface area (Å²) >= 11 is 0. The lowest BCUT2D eigenvalue weighted by atomic mass is 10.1. The van der Waals surface area contributed by atoms with Gasteiger partial charge in [-0.3, -0.25) is 0 Å². The van der Waals surface area contributed by atoms with Crippen LogP contribution in [0, 0.1) is 0 Å². The molecule has 0 N–H and O–H groups in total. The first kappa shape index (κ1) is 7.03. The lowest BCUT2D eigenvalue weighted by molar-refractivity contribution is -0.0568. The van der Waals surface area contributed by atoms with Crippen LogP contribution >= 0.6 is 0 Å². The third kappa shape index (κ3) is 2.33. The summed E-state index contributed by atoms with van der Waals surface area (Å²) in [7, 11) is 4.19. The van der Waals surface area contributed by atoms with Gasteiger partial charge in [0.15, 0.2) is 0 Å². The Labute approximate surface area is 56.8 Å². The number of rotatable bonds is 3. The van der Waals surface area contributed by atoms with Crippen LogP contribution in [-0.2, 0) is 4.74 Å². The Morgan fingerprint density at radius 2 is 2.22 bits per heavy atom. The Balaban J connectivity index is 1.91. The van der Waals surface area contributed by atoms with Crippen LogP contribution in [0.15, 0.2) is 0 Å². The zero-order valence-electron chi connectivity index (χ0n) is 6.26. The largest absolute Gasteiger partial charge is 0.378 e. The Kier molecular flexibility index (Phi) is 2.49. The van der Waals surface area contributed by atoms with Gasteiger partial charge in [-0.2, -0.15) is 0 Å². The summed E-state index contributed by atoms with van der Waals surface area (Å²) < 4.78 is 5.25. The Morgan fingerprint density at radius 3 is 2.56 bits per heavy atom. The molecular formula is C7H15NO. The van der Waals surface area contributed by atoms with E-state index in [1.54, 1.807) is 0 Å². The average molecular weight is 129 g/mol. The molecule has 1 saturated heterocycles. The second-order valence-electron chi connectivity index (χ2n) is 2.87. The molecule has 0 spiro atoms. The molecule has 1 heterocycles. The second-order valence-corrected chi connectivity index (χ2v) is 2.87. The van der Waals surface area contributed by atoms with Crippen molar-refractivity contribution in [2.75, 3.05) is 27.2 Å². The standard InChI is InChI=1S/C7H15NO/c1-8(2)5-3-7-4-6-9-7/h7H,3-6H2,1-2H3. The minimum absolute atomic E-state index is 0.576. The Morgan fingerprint density at radius 1 is 1.56 bits per heavy atom. The van der Waals surface area contributed by atoms with Gasteiger partial charge in [0.05, 0.1) is 6.10 Å². The molecule has 1 aliphatic heterocycles. The lowest BCUT2D eigenvalue weighted by Gasteiger charge is -2.27. The number of ether oxygens (including phenoxy) is 1. The highest BCUT2D eigenvalue weighted by Gasteiger charge is 2.16. The average Bonchev–Trinajstić information content (AvgIpc) is 1.60. The Bertz CT molecular complexity index is 79.0. The first-order valence-corrected chi connectivity index (χ1v) is 3.55. The van der Waals surface area contributed by atoms with Crippen LogP contribution in [0.4, 0.5) is 0 Å². The van der Waals surface area contributed by atoms with Crippen LogP contribution in [0.3, 0.4) is 0 Å². The van der Waals surface area contributed by atoms with Crippen molar-refractivity contribution in [1.82, 2.24) is 4.90 Å². The molecule has 1 rings (SSSR count). The van der Waals surface area contributed by atoms with E-state index in [1.807, 2.05) is 0 Å². The van der Waals surface area contributed by atoms with Gasteiger partial charge < -0.3 is 9.64 Å². The summed E-state index contributed by atoms with van der Waals surface area (Å²) in [5.74, 6) is 0. The van der Waals surface area contributed by atoms with Crippen molar-refractivity contribution in [1.29, 1.82) is 0 Å². The lowest BCUT2D eigenvalue weighted by Crippen LogP contribution is -2.30. The monoisotopic (exact) mass is 129 g/mol.